The summed E-state index contributed by atoms with van der Waals surface area (Å²) in [5, 5.41) is 6.39. The first-order valence-corrected chi connectivity index (χ1v) is 10.0. The largest absolute Gasteiger partial charge is 0.302 e. The van der Waals surface area contributed by atoms with E-state index in [1.54, 1.807) is 17.5 Å². The predicted molar refractivity (Wildman–Crippen MR) is 101 cm³/mol. The molecule has 128 valence electrons. The van der Waals surface area contributed by atoms with Crippen molar-refractivity contribution in [2.45, 2.75) is 32.6 Å². The molecule has 0 saturated carbocycles. The molecular formula is C18H18N4OS2. The molecule has 1 unspecified atom stereocenters. The molecule has 3 aromatic heterocycles. The van der Waals surface area contributed by atoms with Crippen LogP contribution in [0.15, 0.2) is 29.8 Å². The van der Waals surface area contributed by atoms with Crippen molar-refractivity contribution < 1.29 is 4.79 Å². The summed E-state index contributed by atoms with van der Waals surface area (Å²) in [6.45, 7) is 2.27. The van der Waals surface area contributed by atoms with Crippen LogP contribution in [0.1, 0.15) is 29.6 Å². The molecule has 0 fully saturated rings. The zero-order valence-electron chi connectivity index (χ0n) is 13.9. The number of hydrogen-bond donors (Lipinski definition) is 1. The number of pyridine rings is 1. The molecule has 1 aliphatic carbocycles. The Balaban J connectivity index is 1.40. The Kier molecular flexibility index (Phi) is 4.59. The molecule has 25 heavy (non-hydrogen) atoms. The van der Waals surface area contributed by atoms with Crippen LogP contribution >= 0.6 is 22.7 Å². The van der Waals surface area contributed by atoms with E-state index in [0.29, 0.717) is 11.0 Å². The SMILES string of the molecule is CC1CCc2nc(NC(=O)Cc3csc(-c4ccccn4)n3)sc2C1. The number of nitrogens with one attached hydrogen (secondary N) is 1. The first-order chi connectivity index (χ1) is 12.2. The van der Waals surface area contributed by atoms with Gasteiger partial charge in [0.1, 0.15) is 5.01 Å². The zero-order valence-corrected chi connectivity index (χ0v) is 15.5. The number of aryl methyl sites for hydroxylation is 1. The van der Waals surface area contributed by atoms with Gasteiger partial charge in [-0.05, 0) is 37.3 Å². The molecule has 0 aliphatic heterocycles. The van der Waals surface area contributed by atoms with Gasteiger partial charge in [-0.15, -0.1) is 22.7 Å². The van der Waals surface area contributed by atoms with E-state index in [2.05, 4.69) is 27.2 Å². The van der Waals surface area contributed by atoms with Crippen molar-refractivity contribution in [3.05, 3.63) is 46.0 Å². The van der Waals surface area contributed by atoms with Gasteiger partial charge >= 0.3 is 0 Å². The molecule has 3 aromatic rings. The zero-order chi connectivity index (χ0) is 17.2. The van der Waals surface area contributed by atoms with E-state index in [4.69, 9.17) is 0 Å². The fourth-order valence-electron chi connectivity index (χ4n) is 2.92. The standard InChI is InChI=1S/C18H18N4OS2/c1-11-5-6-13-15(8-11)25-18(21-13)22-16(23)9-12-10-24-17(20-12)14-4-2-3-7-19-14/h2-4,7,10-11H,5-6,8-9H2,1H3,(H,21,22,23). The second-order valence-electron chi connectivity index (χ2n) is 6.32. The second kappa shape index (κ2) is 7.01. The Bertz CT molecular complexity index is 888. The lowest BCUT2D eigenvalue weighted by atomic mass is 9.93. The molecule has 0 saturated heterocycles. The lowest BCUT2D eigenvalue weighted by molar-refractivity contribution is -0.115. The molecule has 0 spiro atoms. The first kappa shape index (κ1) is 16.4. The van der Waals surface area contributed by atoms with Gasteiger partial charge in [-0.25, -0.2) is 9.97 Å². The summed E-state index contributed by atoms with van der Waals surface area (Å²) in [7, 11) is 0. The number of hydrogen-bond acceptors (Lipinski definition) is 6. The Morgan fingerprint density at radius 2 is 2.28 bits per heavy atom. The van der Waals surface area contributed by atoms with Crippen molar-refractivity contribution in [1.29, 1.82) is 0 Å². The number of amides is 1. The highest BCUT2D eigenvalue weighted by atomic mass is 32.1. The van der Waals surface area contributed by atoms with Crippen molar-refractivity contribution in [1.82, 2.24) is 15.0 Å². The predicted octanol–water partition coefficient (Wildman–Crippen LogP) is 3.97. The molecule has 1 N–H and O–H groups in total. The average Bonchev–Trinajstić information content (AvgIpc) is 3.21. The van der Waals surface area contributed by atoms with Crippen LogP contribution in [0.25, 0.3) is 10.7 Å². The lowest BCUT2D eigenvalue weighted by Gasteiger charge is -2.15. The van der Waals surface area contributed by atoms with E-state index in [-0.39, 0.29) is 12.3 Å². The van der Waals surface area contributed by atoms with E-state index in [9.17, 15) is 4.79 Å². The van der Waals surface area contributed by atoms with Crippen molar-refractivity contribution in [3.8, 4) is 10.7 Å². The fourth-order valence-corrected chi connectivity index (χ4v) is 4.90. The summed E-state index contributed by atoms with van der Waals surface area (Å²) in [4.78, 5) is 27.0. The third-order valence-electron chi connectivity index (χ3n) is 4.21. The van der Waals surface area contributed by atoms with Crippen LogP contribution in [0.2, 0.25) is 0 Å². The second-order valence-corrected chi connectivity index (χ2v) is 8.26. The Morgan fingerprint density at radius 3 is 3.12 bits per heavy atom. The molecule has 1 atom stereocenters. The number of carbonyl (C=O) groups excluding carboxylic acids is 1. The minimum absolute atomic E-state index is 0.0722. The maximum Gasteiger partial charge on any atom is 0.232 e. The molecule has 0 bridgehead atoms. The van der Waals surface area contributed by atoms with Gasteiger partial charge in [0.05, 0.1) is 23.5 Å². The number of anilines is 1. The Labute approximate surface area is 154 Å². The van der Waals surface area contributed by atoms with Gasteiger partial charge in [0.2, 0.25) is 5.91 Å². The van der Waals surface area contributed by atoms with Crippen LogP contribution in [0.3, 0.4) is 0 Å². The molecule has 1 amide bonds. The van der Waals surface area contributed by atoms with Gasteiger partial charge in [0, 0.05) is 16.5 Å². The minimum Gasteiger partial charge on any atom is -0.302 e. The molecule has 0 aromatic carbocycles. The molecule has 5 nitrogen and oxygen atoms in total. The molecular weight excluding hydrogens is 352 g/mol. The van der Waals surface area contributed by atoms with Crippen molar-refractivity contribution >= 4 is 33.7 Å². The van der Waals surface area contributed by atoms with E-state index >= 15 is 0 Å². The summed E-state index contributed by atoms with van der Waals surface area (Å²) in [6, 6.07) is 5.73. The normalized spacial score (nSPS) is 16.4. The van der Waals surface area contributed by atoms with E-state index < -0.39 is 0 Å². The average molecular weight is 371 g/mol. The monoisotopic (exact) mass is 370 g/mol. The summed E-state index contributed by atoms with van der Waals surface area (Å²) in [6.07, 6.45) is 5.27. The van der Waals surface area contributed by atoms with Crippen LogP contribution in [0.4, 0.5) is 5.13 Å². The molecule has 7 heteroatoms. The van der Waals surface area contributed by atoms with Crippen LogP contribution in [0, 0.1) is 5.92 Å². The van der Waals surface area contributed by atoms with Gasteiger partial charge in [0.25, 0.3) is 0 Å². The van der Waals surface area contributed by atoms with Crippen LogP contribution in [-0.4, -0.2) is 20.9 Å². The summed E-state index contributed by atoms with van der Waals surface area (Å²) in [5.74, 6) is 0.633. The topological polar surface area (TPSA) is 67.8 Å². The highest BCUT2D eigenvalue weighted by Gasteiger charge is 2.20. The van der Waals surface area contributed by atoms with E-state index in [0.717, 1.165) is 34.9 Å². The third kappa shape index (κ3) is 3.77. The number of rotatable bonds is 4. The maximum absolute atomic E-state index is 12.3. The highest BCUT2D eigenvalue weighted by molar-refractivity contribution is 7.16. The van der Waals surface area contributed by atoms with E-state index in [1.807, 2.05) is 23.6 Å². The number of fused-ring (bicyclic) bond motifs is 1. The summed E-state index contributed by atoms with van der Waals surface area (Å²) < 4.78 is 0. The first-order valence-electron chi connectivity index (χ1n) is 8.31. The minimum atomic E-state index is -0.0722. The molecule has 0 radical (unpaired) electrons. The maximum atomic E-state index is 12.3. The number of aromatic nitrogens is 3. The molecule has 1 aliphatic rings. The van der Waals surface area contributed by atoms with Crippen molar-refractivity contribution in [2.75, 3.05) is 5.32 Å². The third-order valence-corrected chi connectivity index (χ3v) is 6.16. The number of thiazole rings is 2. The molecule has 4 rings (SSSR count). The van der Waals surface area contributed by atoms with Gasteiger partial charge in [-0.3, -0.25) is 9.78 Å². The fraction of sp³-hybridized carbons (Fsp3) is 0.333. The van der Waals surface area contributed by atoms with Crippen LogP contribution < -0.4 is 5.32 Å². The number of nitrogens with zero attached hydrogens (tertiary/aromatic N) is 3. The highest BCUT2D eigenvalue weighted by Crippen LogP contribution is 2.32. The van der Waals surface area contributed by atoms with Crippen molar-refractivity contribution in [3.63, 3.8) is 0 Å². The van der Waals surface area contributed by atoms with Gasteiger partial charge in [0.15, 0.2) is 5.13 Å². The van der Waals surface area contributed by atoms with Gasteiger partial charge in [-0.1, -0.05) is 13.0 Å². The van der Waals surface area contributed by atoms with Gasteiger partial charge in [-0.2, -0.15) is 0 Å². The smallest absolute Gasteiger partial charge is 0.232 e. The quantitative estimate of drug-likeness (QED) is 0.755. The van der Waals surface area contributed by atoms with Crippen LogP contribution in [0.5, 0.6) is 0 Å². The lowest BCUT2D eigenvalue weighted by Crippen LogP contribution is -2.14. The Morgan fingerprint density at radius 1 is 1.36 bits per heavy atom. The van der Waals surface area contributed by atoms with E-state index in [1.165, 1.54) is 22.6 Å². The Hall–Kier alpha value is -2.12. The van der Waals surface area contributed by atoms with Gasteiger partial charge < -0.3 is 5.32 Å². The van der Waals surface area contributed by atoms with Crippen molar-refractivity contribution in [2.24, 2.45) is 5.92 Å². The summed E-state index contributed by atoms with van der Waals surface area (Å²) >= 11 is 3.12. The molecule has 3 heterocycles. The number of carbonyl (C=O) groups is 1. The summed E-state index contributed by atoms with van der Waals surface area (Å²) in [5.41, 5.74) is 2.75. The van der Waals surface area contributed by atoms with Crippen LogP contribution in [-0.2, 0) is 24.1 Å².